The average Bonchev–Trinajstić information content (AvgIpc) is 2.75. The number of aromatic nitrogens is 3. The van der Waals surface area contributed by atoms with Gasteiger partial charge in [-0.15, -0.1) is 0 Å². The van der Waals surface area contributed by atoms with E-state index in [1.807, 2.05) is 6.07 Å². The van der Waals surface area contributed by atoms with Gasteiger partial charge in [0.05, 0.1) is 16.6 Å². The first kappa shape index (κ1) is 20.0. The largest absolute Gasteiger partial charge is 0.416 e. The first-order chi connectivity index (χ1) is 14.3. The van der Waals surface area contributed by atoms with Gasteiger partial charge in [0.2, 0.25) is 0 Å². The number of pyridine rings is 1. The molecule has 152 valence electrons. The van der Waals surface area contributed by atoms with Crippen molar-refractivity contribution in [1.82, 2.24) is 14.5 Å². The Morgan fingerprint density at radius 1 is 1.07 bits per heavy atom. The molecule has 0 unspecified atom stereocenters. The molecule has 4 rings (SSSR count). The van der Waals surface area contributed by atoms with Crippen molar-refractivity contribution in [3.05, 3.63) is 82.9 Å². The molecule has 0 radical (unpaired) electrons. The topological polar surface area (TPSA) is 59.8 Å². The van der Waals surface area contributed by atoms with Crippen LogP contribution < -0.4 is 10.3 Å². The van der Waals surface area contributed by atoms with Crippen molar-refractivity contribution in [2.45, 2.75) is 11.1 Å². The maximum absolute atomic E-state index is 13.1. The number of nitrogens with zero attached hydrogens (tertiary/aromatic N) is 3. The first-order valence-electron chi connectivity index (χ1n) is 8.85. The number of halogens is 3. The Morgan fingerprint density at radius 2 is 1.87 bits per heavy atom. The zero-order chi connectivity index (χ0) is 21.3. The monoisotopic (exact) mass is 428 g/mol. The lowest BCUT2D eigenvalue weighted by atomic mass is 10.1. The number of nitrogens with one attached hydrogen (secondary N) is 1. The number of benzene rings is 2. The third-order valence-corrected chi connectivity index (χ3v) is 5.27. The third-order valence-electron chi connectivity index (χ3n) is 4.47. The predicted octanol–water partition coefficient (Wildman–Crippen LogP) is 5.13. The molecule has 0 fully saturated rings. The second-order valence-electron chi connectivity index (χ2n) is 6.47. The summed E-state index contributed by atoms with van der Waals surface area (Å²) in [5.74, 6) is 0.152. The van der Waals surface area contributed by atoms with Gasteiger partial charge in [-0.05, 0) is 48.3 Å². The molecule has 1 N–H and O–H groups in total. The third kappa shape index (κ3) is 3.88. The van der Waals surface area contributed by atoms with Crippen LogP contribution in [0.1, 0.15) is 5.56 Å². The zero-order valence-corrected chi connectivity index (χ0v) is 16.5. The molecule has 0 aliphatic rings. The predicted molar refractivity (Wildman–Crippen MR) is 111 cm³/mol. The number of anilines is 1. The molecule has 5 nitrogen and oxygen atoms in total. The van der Waals surface area contributed by atoms with Crippen LogP contribution in [-0.4, -0.2) is 14.5 Å². The van der Waals surface area contributed by atoms with Gasteiger partial charge in [-0.25, -0.2) is 4.98 Å². The Hall–Kier alpha value is -3.33. The van der Waals surface area contributed by atoms with Crippen LogP contribution in [0.3, 0.4) is 0 Å². The normalized spacial score (nSPS) is 11.6. The Kier molecular flexibility index (Phi) is 5.21. The lowest BCUT2D eigenvalue weighted by Gasteiger charge is -2.14. The van der Waals surface area contributed by atoms with Crippen LogP contribution in [-0.2, 0) is 13.2 Å². The van der Waals surface area contributed by atoms with Gasteiger partial charge in [0, 0.05) is 29.9 Å². The fourth-order valence-corrected chi connectivity index (χ4v) is 3.64. The minimum atomic E-state index is -4.49. The summed E-state index contributed by atoms with van der Waals surface area (Å²) in [6, 6.07) is 13.6. The van der Waals surface area contributed by atoms with Gasteiger partial charge in [-0.2, -0.15) is 13.2 Å². The molecule has 0 aliphatic heterocycles. The van der Waals surface area contributed by atoms with E-state index in [9.17, 15) is 18.0 Å². The van der Waals surface area contributed by atoms with Crippen LogP contribution in [0.15, 0.2) is 76.7 Å². The molecule has 4 aromatic rings. The van der Waals surface area contributed by atoms with Crippen molar-refractivity contribution in [3.8, 4) is 11.4 Å². The molecule has 0 saturated heterocycles. The standard InChI is InChI=1S/C21H15F3N4OS/c1-28-19(13-5-2-6-14(11-13)21(22,23)24)26-18-16(20(28)29)8-3-9-17(18)27-30-15-7-4-10-25-12-15/h2-12,27H,1H3. The van der Waals surface area contributed by atoms with Crippen molar-refractivity contribution < 1.29 is 13.2 Å². The number of hydrogen-bond acceptors (Lipinski definition) is 5. The van der Waals surface area contributed by atoms with Crippen LogP contribution >= 0.6 is 11.9 Å². The van der Waals surface area contributed by atoms with E-state index in [2.05, 4.69) is 14.7 Å². The van der Waals surface area contributed by atoms with E-state index in [4.69, 9.17) is 0 Å². The van der Waals surface area contributed by atoms with Gasteiger partial charge < -0.3 is 4.72 Å². The quantitative estimate of drug-likeness (QED) is 0.457. The summed E-state index contributed by atoms with van der Waals surface area (Å²) < 4.78 is 43.8. The van der Waals surface area contributed by atoms with Gasteiger partial charge in [-0.1, -0.05) is 18.2 Å². The van der Waals surface area contributed by atoms with E-state index in [1.54, 1.807) is 36.7 Å². The molecule has 0 bridgehead atoms. The molecule has 2 aromatic heterocycles. The molecule has 30 heavy (non-hydrogen) atoms. The van der Waals surface area contributed by atoms with E-state index in [0.29, 0.717) is 16.6 Å². The maximum Gasteiger partial charge on any atom is 0.416 e. The second-order valence-corrected chi connectivity index (χ2v) is 7.35. The molecule has 0 amide bonds. The van der Waals surface area contributed by atoms with Crippen molar-refractivity contribution in [3.63, 3.8) is 0 Å². The van der Waals surface area contributed by atoms with Crippen LogP contribution in [0.4, 0.5) is 18.9 Å². The molecule has 0 atom stereocenters. The zero-order valence-electron chi connectivity index (χ0n) is 15.6. The van der Waals surface area contributed by atoms with Crippen LogP contribution in [0.5, 0.6) is 0 Å². The van der Waals surface area contributed by atoms with Gasteiger partial charge in [-0.3, -0.25) is 14.3 Å². The summed E-state index contributed by atoms with van der Waals surface area (Å²) >= 11 is 1.30. The highest BCUT2D eigenvalue weighted by atomic mass is 32.2. The van der Waals surface area contributed by atoms with Crippen molar-refractivity contribution in [2.24, 2.45) is 7.05 Å². The van der Waals surface area contributed by atoms with E-state index >= 15 is 0 Å². The number of hydrogen-bond donors (Lipinski definition) is 1. The first-order valence-corrected chi connectivity index (χ1v) is 9.66. The molecule has 2 aromatic carbocycles. The molecular weight excluding hydrogens is 413 g/mol. The number of fused-ring (bicyclic) bond motifs is 1. The lowest BCUT2D eigenvalue weighted by molar-refractivity contribution is -0.137. The summed E-state index contributed by atoms with van der Waals surface area (Å²) in [4.78, 5) is 22.3. The highest BCUT2D eigenvalue weighted by Crippen LogP contribution is 2.32. The van der Waals surface area contributed by atoms with Crippen LogP contribution in [0.2, 0.25) is 0 Å². The summed E-state index contributed by atoms with van der Waals surface area (Å²) in [5, 5.41) is 0.366. The van der Waals surface area contributed by atoms with Gasteiger partial charge >= 0.3 is 6.18 Å². The Labute approximate surface area is 173 Å². The number of para-hydroxylation sites is 1. The highest BCUT2D eigenvalue weighted by molar-refractivity contribution is 8.00. The average molecular weight is 428 g/mol. The smallest absolute Gasteiger partial charge is 0.324 e. The van der Waals surface area contributed by atoms with Crippen molar-refractivity contribution >= 4 is 28.5 Å². The highest BCUT2D eigenvalue weighted by Gasteiger charge is 2.30. The van der Waals surface area contributed by atoms with Crippen molar-refractivity contribution in [1.29, 1.82) is 0 Å². The summed E-state index contributed by atoms with van der Waals surface area (Å²) in [5.41, 5.74) is 0.0213. The maximum atomic E-state index is 13.1. The Balaban J connectivity index is 1.82. The number of alkyl halides is 3. The summed E-state index contributed by atoms with van der Waals surface area (Å²) in [6.07, 6.45) is -1.14. The van der Waals surface area contributed by atoms with Crippen LogP contribution in [0.25, 0.3) is 22.3 Å². The number of rotatable bonds is 4. The van der Waals surface area contributed by atoms with E-state index in [0.717, 1.165) is 17.0 Å². The lowest BCUT2D eigenvalue weighted by Crippen LogP contribution is -2.20. The second kappa shape index (κ2) is 7.83. The molecular formula is C21H15F3N4OS. The van der Waals surface area contributed by atoms with E-state index in [1.165, 1.54) is 35.7 Å². The Morgan fingerprint density at radius 3 is 2.60 bits per heavy atom. The van der Waals surface area contributed by atoms with E-state index in [-0.39, 0.29) is 16.9 Å². The van der Waals surface area contributed by atoms with Crippen molar-refractivity contribution in [2.75, 3.05) is 4.72 Å². The SMILES string of the molecule is Cn1c(-c2cccc(C(F)(F)F)c2)nc2c(NSc3cccnc3)cccc2c1=O. The molecule has 2 heterocycles. The van der Waals surface area contributed by atoms with Crippen LogP contribution in [0, 0.1) is 0 Å². The molecule has 0 spiro atoms. The fraction of sp³-hybridized carbons (Fsp3) is 0.0952. The molecule has 0 aliphatic carbocycles. The molecule has 9 heteroatoms. The minimum Gasteiger partial charge on any atom is -0.324 e. The minimum absolute atomic E-state index is 0.152. The Bertz CT molecular complexity index is 1270. The summed E-state index contributed by atoms with van der Waals surface area (Å²) in [7, 11) is 1.49. The summed E-state index contributed by atoms with van der Waals surface area (Å²) in [6.45, 7) is 0. The van der Waals surface area contributed by atoms with Gasteiger partial charge in [0.25, 0.3) is 5.56 Å². The van der Waals surface area contributed by atoms with Gasteiger partial charge in [0.15, 0.2) is 0 Å². The van der Waals surface area contributed by atoms with Gasteiger partial charge in [0.1, 0.15) is 11.3 Å². The fourth-order valence-electron chi connectivity index (χ4n) is 2.99. The molecule has 0 saturated carbocycles. The van der Waals surface area contributed by atoms with E-state index < -0.39 is 11.7 Å².